The van der Waals surface area contributed by atoms with E-state index in [1.54, 1.807) is 12.1 Å². The van der Waals surface area contributed by atoms with Crippen molar-refractivity contribution in [2.45, 2.75) is 145 Å². The van der Waals surface area contributed by atoms with Gasteiger partial charge in [-0.05, 0) is 96.0 Å². The van der Waals surface area contributed by atoms with Crippen LogP contribution in [0.2, 0.25) is 0 Å². The summed E-state index contributed by atoms with van der Waals surface area (Å²) in [4.78, 5) is 29.8. The Morgan fingerprint density at radius 3 is 1.44 bits per heavy atom. The summed E-state index contributed by atoms with van der Waals surface area (Å²) in [6.45, 7) is 13.8. The molecule has 3 spiro atoms. The highest BCUT2D eigenvalue weighted by Gasteiger charge is 2.42. The van der Waals surface area contributed by atoms with E-state index in [1.807, 2.05) is 13.0 Å². The lowest BCUT2D eigenvalue weighted by Crippen LogP contribution is -2.45. The van der Waals surface area contributed by atoms with Crippen molar-refractivity contribution in [1.29, 1.82) is 0 Å². The highest BCUT2D eigenvalue weighted by molar-refractivity contribution is 7.85. The molecule has 0 bridgehead atoms. The third-order valence-corrected chi connectivity index (χ3v) is 17.6. The van der Waals surface area contributed by atoms with E-state index in [2.05, 4.69) is 102 Å². The van der Waals surface area contributed by atoms with Gasteiger partial charge in [-0.25, -0.2) is 8.42 Å². The zero-order chi connectivity index (χ0) is 64.6. The quantitative estimate of drug-likeness (QED) is 0.127. The summed E-state index contributed by atoms with van der Waals surface area (Å²) in [5.74, 6) is -0.398. The summed E-state index contributed by atoms with van der Waals surface area (Å²) >= 11 is 0. The number of benzene rings is 4. The second-order valence-electron chi connectivity index (χ2n) is 23.6. The summed E-state index contributed by atoms with van der Waals surface area (Å²) in [5.41, 5.74) is 5.08. The van der Waals surface area contributed by atoms with Crippen molar-refractivity contribution in [2.24, 2.45) is 0 Å². The van der Waals surface area contributed by atoms with Crippen LogP contribution in [-0.2, 0) is 67.8 Å². The van der Waals surface area contributed by atoms with Crippen LogP contribution >= 0.6 is 0 Å². The number of ether oxygens (including phenoxy) is 6. The number of Topliss-reactive ketones (excluding diaryl/α,β-unsaturated/α-hetero) is 2. The number of nitrogens with zero attached hydrogens (tertiary/aromatic N) is 5. The van der Waals surface area contributed by atoms with E-state index in [0.717, 1.165) is 153 Å². The van der Waals surface area contributed by atoms with Crippen LogP contribution in [0.1, 0.15) is 127 Å². The maximum absolute atomic E-state index is 11.3. The lowest BCUT2D eigenvalue weighted by Gasteiger charge is -2.34. The third-order valence-electron chi connectivity index (χ3n) is 16.7. The Hall–Kier alpha value is -4.31. The summed E-state index contributed by atoms with van der Waals surface area (Å²) < 4.78 is 110. The van der Waals surface area contributed by atoms with Crippen molar-refractivity contribution in [3.05, 3.63) is 138 Å². The van der Waals surface area contributed by atoms with Crippen LogP contribution in [-0.4, -0.2) is 192 Å². The van der Waals surface area contributed by atoms with Crippen LogP contribution in [0.5, 0.6) is 0 Å². The molecule has 8 fully saturated rings. The van der Waals surface area contributed by atoms with Crippen LogP contribution in [0.3, 0.4) is 0 Å². The largest absolute Gasteiger partial charge is 0.744 e. The number of carbonyl (C=O) groups is 2. The second-order valence-corrected chi connectivity index (χ2v) is 25.0. The van der Waals surface area contributed by atoms with Gasteiger partial charge in [-0.1, -0.05) is 109 Å². The Bertz CT molecular complexity index is 2850. The lowest BCUT2D eigenvalue weighted by atomic mass is 10.1. The molecule has 12 rings (SSSR count). The van der Waals surface area contributed by atoms with Crippen molar-refractivity contribution in [3.8, 4) is 0 Å². The predicted molar refractivity (Wildman–Crippen MR) is 327 cm³/mol. The van der Waals surface area contributed by atoms with Crippen LogP contribution in [0.15, 0.2) is 120 Å². The molecule has 0 saturated carbocycles. The maximum atomic E-state index is 11.3. The average molecular weight is 1190 g/mol. The van der Waals surface area contributed by atoms with Gasteiger partial charge in [0.25, 0.3) is 0 Å². The van der Waals surface area contributed by atoms with Crippen molar-refractivity contribution in [1.82, 2.24) is 19.6 Å². The van der Waals surface area contributed by atoms with E-state index in [1.165, 1.54) is 51.6 Å². The van der Waals surface area contributed by atoms with Gasteiger partial charge in [-0.2, -0.15) is 0 Å². The fraction of sp³-hybridized carbons (Fsp3) is 0.612. The zero-order valence-electron chi connectivity index (χ0n) is 56.1. The molecule has 1 unspecified atom stereocenters. The van der Waals surface area contributed by atoms with Crippen LogP contribution in [0.25, 0.3) is 0 Å². The Balaban J connectivity index is 0.000000155. The highest BCUT2D eigenvalue weighted by Crippen LogP contribution is 2.35. The molecule has 1 atom stereocenters. The monoisotopic (exact) mass is 1190 g/mol. The van der Waals surface area contributed by atoms with E-state index in [0.29, 0.717) is 70.9 Å². The molecular weight excluding hydrogens is 1080 g/mol. The number of aryl methyl sites for hydroxylation is 1. The normalized spacial score (nSPS) is 25.2. The first-order valence-corrected chi connectivity index (χ1v) is 32.1. The number of quaternary nitrogens is 1. The summed E-state index contributed by atoms with van der Waals surface area (Å²) in [5, 5.41) is 0. The minimum Gasteiger partial charge on any atom is -0.744 e. The molecular formula is C67H99N5O11S. The summed E-state index contributed by atoms with van der Waals surface area (Å²) in [6, 6.07) is 37.7. The molecule has 8 aliphatic heterocycles. The van der Waals surface area contributed by atoms with Crippen LogP contribution in [0, 0.1) is 6.92 Å². The Labute approximate surface area is 511 Å². The molecule has 464 valence electrons. The maximum Gasteiger partial charge on any atom is 0.174 e. The number of ketones is 2. The Morgan fingerprint density at radius 1 is 0.476 bits per heavy atom. The summed E-state index contributed by atoms with van der Waals surface area (Å²) in [7, 11) is -1.91. The van der Waals surface area contributed by atoms with E-state index in [-0.39, 0.29) is 22.3 Å². The van der Waals surface area contributed by atoms with Crippen molar-refractivity contribution in [2.75, 3.05) is 126 Å². The van der Waals surface area contributed by atoms with Crippen molar-refractivity contribution >= 4 is 21.7 Å². The molecule has 8 saturated heterocycles. The number of likely N-dealkylation sites (tertiary alicyclic amines) is 5. The van der Waals surface area contributed by atoms with Gasteiger partial charge in [0, 0.05) is 117 Å². The summed E-state index contributed by atoms with van der Waals surface area (Å²) in [6.07, 6.45) is 12.9. The molecule has 4 aromatic rings. The zero-order valence-corrected chi connectivity index (χ0v) is 51.0. The van der Waals surface area contributed by atoms with E-state index in [4.69, 9.17) is 36.6 Å². The predicted octanol–water partition coefficient (Wildman–Crippen LogP) is 9.63. The van der Waals surface area contributed by atoms with Gasteiger partial charge in [-0.3, -0.25) is 19.4 Å². The van der Waals surface area contributed by atoms with Gasteiger partial charge in [0.2, 0.25) is 0 Å². The minimum atomic E-state index is -4.27. The smallest absolute Gasteiger partial charge is 0.174 e. The second kappa shape index (κ2) is 34.3. The van der Waals surface area contributed by atoms with Crippen molar-refractivity contribution in [3.63, 3.8) is 0 Å². The van der Waals surface area contributed by atoms with E-state index >= 15 is 0 Å². The Kier molecular flexibility index (Phi) is 24.0. The molecule has 8 aliphatic rings. The number of hydrogen-bond acceptors (Lipinski definition) is 15. The van der Waals surface area contributed by atoms with Crippen molar-refractivity contribution < 1.29 is 63.7 Å². The number of rotatable bonds is 7. The molecule has 84 heavy (non-hydrogen) atoms. The standard InChI is InChI=1S/C16H24NO2.C15H21NO2.C13H17NO.C9H17NO2.C7H13NO.C7H8O3S/c1-17(14-15-6-3-2-4-7-15)10-5-8-16(9-11-17)18-12-13-19-16;1-2-5-14(6-3-1)13-16-9-4-7-15(8-10-16)17-11-12-18-15;15-13-7-4-9-14(10-8-13)11-12-5-2-1-3-6-12;1-10-5-2-3-9(4-6-10)11-7-8-12-9;1-8-5-2-3-7(9)4-6-8;1-6-2-4-7(5-3-6)11(8,9)10/h2-4,6-7H,5,8-14H2,1H3;1-3,5-6H,4,7-13H2;1-3,5-6H,4,7-11H2;2-8H2,1H3;2-6H2,1H3;2-5H,1H3,(H,8,9,10)/q+1;;;;;/p-1/i;;;2*1D3;. The van der Waals surface area contributed by atoms with Gasteiger partial charge in [-0.15, -0.1) is 0 Å². The van der Waals surface area contributed by atoms with E-state index in [9.17, 15) is 22.6 Å². The SMILES string of the molecule is C[N+]1(Cc2ccccc2)CCCC2(CC1)OCCO2.Cc1ccc(S(=O)(=O)[O-])cc1.O=C1CCCN(Cc2ccccc2)CC1.[2H]C([2H])([2H])N1CCCC(=O)CC1.[2H]C([2H])([2H])N1CCCC2(CC1)OCCO2.c1ccc(CN2CCCC3(CC2)OCCO3)cc1. The topological polar surface area (TPSA) is 160 Å². The molecule has 0 amide bonds. The van der Waals surface area contributed by atoms with Crippen LogP contribution in [0.4, 0.5) is 0 Å². The molecule has 16 nitrogen and oxygen atoms in total. The Morgan fingerprint density at radius 2 is 0.905 bits per heavy atom. The average Bonchev–Trinajstić information content (AvgIpc) is 2.56. The minimum absolute atomic E-state index is 0.178. The van der Waals surface area contributed by atoms with Gasteiger partial charge in [0.15, 0.2) is 17.4 Å². The fourth-order valence-electron chi connectivity index (χ4n) is 11.9. The molecule has 4 aromatic carbocycles. The van der Waals surface area contributed by atoms with Crippen LogP contribution < -0.4 is 0 Å². The molecule has 0 radical (unpaired) electrons. The lowest BCUT2D eigenvalue weighted by molar-refractivity contribution is -0.922. The molecule has 0 aromatic heterocycles. The van der Waals surface area contributed by atoms with Gasteiger partial charge >= 0.3 is 0 Å². The molecule has 17 heteroatoms. The first-order valence-electron chi connectivity index (χ1n) is 33.7. The van der Waals surface area contributed by atoms with Gasteiger partial charge < -0.3 is 47.3 Å². The molecule has 0 aliphatic carbocycles. The number of carbonyl (C=O) groups excluding carboxylic acids is 2. The third kappa shape index (κ3) is 23.8. The number of hydrogen-bond donors (Lipinski definition) is 0. The molecule has 0 N–H and O–H groups in total. The molecule has 8 heterocycles. The van der Waals surface area contributed by atoms with Gasteiger partial charge in [0.1, 0.15) is 28.2 Å². The first kappa shape index (κ1) is 58.7. The van der Waals surface area contributed by atoms with E-state index < -0.39 is 29.9 Å². The fourth-order valence-corrected chi connectivity index (χ4v) is 12.3. The van der Waals surface area contributed by atoms with Gasteiger partial charge in [0.05, 0.1) is 71.1 Å². The first-order chi connectivity index (χ1) is 42.9. The highest BCUT2D eigenvalue weighted by atomic mass is 32.2.